The standard InChI is InChI=1S/C27H23ClF4N4O2/c28-20-3-1-2-16-9-17(37)10-18(21(16)20)23-22(29)24-19(11-33-23)25(36-12-14-4-5-15(8-14)13-36)35-26(34-24)38-7-6-27(30,31)32/h1-3,9-11,14-15,37H,4-8,12-13H2. The Hall–Kier alpha value is -3.40. The summed E-state index contributed by atoms with van der Waals surface area (Å²) in [5, 5.41) is 12.1. The number of piperidine rings is 1. The zero-order valence-corrected chi connectivity index (χ0v) is 20.9. The lowest BCUT2D eigenvalue weighted by atomic mass is 9.98. The van der Waals surface area contributed by atoms with Gasteiger partial charge in [-0.2, -0.15) is 23.1 Å². The molecule has 3 heterocycles. The van der Waals surface area contributed by atoms with E-state index in [2.05, 4.69) is 15.0 Å². The normalized spacial score (nSPS) is 19.4. The smallest absolute Gasteiger partial charge is 0.392 e. The molecule has 2 aliphatic rings. The molecule has 2 aromatic carbocycles. The first-order chi connectivity index (χ1) is 18.2. The van der Waals surface area contributed by atoms with Crippen molar-refractivity contribution in [1.29, 1.82) is 0 Å². The van der Waals surface area contributed by atoms with Crippen molar-refractivity contribution in [2.24, 2.45) is 11.8 Å². The van der Waals surface area contributed by atoms with Crippen LogP contribution in [-0.2, 0) is 0 Å². The van der Waals surface area contributed by atoms with Crippen molar-refractivity contribution in [1.82, 2.24) is 15.0 Å². The van der Waals surface area contributed by atoms with Gasteiger partial charge in [-0.25, -0.2) is 4.39 Å². The largest absolute Gasteiger partial charge is 0.508 e. The summed E-state index contributed by atoms with van der Waals surface area (Å²) in [4.78, 5) is 15.0. The highest BCUT2D eigenvalue weighted by atomic mass is 35.5. The van der Waals surface area contributed by atoms with Crippen LogP contribution in [0.4, 0.5) is 23.4 Å². The van der Waals surface area contributed by atoms with Gasteiger partial charge in [-0.3, -0.25) is 4.98 Å². The van der Waals surface area contributed by atoms with E-state index < -0.39 is 25.0 Å². The third-order valence-corrected chi connectivity index (χ3v) is 7.65. The number of halogens is 5. The number of fused-ring (bicyclic) bond motifs is 4. The van der Waals surface area contributed by atoms with Crippen LogP contribution in [0.3, 0.4) is 0 Å². The van der Waals surface area contributed by atoms with E-state index in [0.717, 1.165) is 19.3 Å². The van der Waals surface area contributed by atoms with Crippen molar-refractivity contribution in [3.05, 3.63) is 47.4 Å². The van der Waals surface area contributed by atoms with Gasteiger partial charge in [0.1, 0.15) is 29.4 Å². The van der Waals surface area contributed by atoms with Crippen LogP contribution in [0, 0.1) is 17.7 Å². The van der Waals surface area contributed by atoms with E-state index in [0.29, 0.717) is 51.9 Å². The zero-order chi connectivity index (χ0) is 26.6. The summed E-state index contributed by atoms with van der Waals surface area (Å²) in [5.41, 5.74) is 0.0419. The summed E-state index contributed by atoms with van der Waals surface area (Å²) in [6.07, 6.45) is -0.816. The molecular weight excluding hydrogens is 524 g/mol. The second kappa shape index (κ2) is 9.41. The number of rotatable bonds is 5. The molecule has 198 valence electrons. The summed E-state index contributed by atoms with van der Waals surface area (Å²) in [6.45, 7) is 0.730. The topological polar surface area (TPSA) is 71.4 Å². The Kier molecular flexibility index (Phi) is 6.17. The van der Waals surface area contributed by atoms with Crippen molar-refractivity contribution in [2.75, 3.05) is 24.6 Å². The number of pyridine rings is 1. The van der Waals surface area contributed by atoms with Crippen LogP contribution in [0.5, 0.6) is 11.8 Å². The molecule has 1 saturated carbocycles. The molecule has 2 bridgehead atoms. The van der Waals surface area contributed by atoms with Gasteiger partial charge in [-0.15, -0.1) is 0 Å². The van der Waals surface area contributed by atoms with Crippen LogP contribution in [0.1, 0.15) is 25.7 Å². The van der Waals surface area contributed by atoms with E-state index in [9.17, 15) is 18.3 Å². The zero-order valence-electron chi connectivity index (χ0n) is 20.1. The number of hydrogen-bond donors (Lipinski definition) is 1. The molecule has 2 aromatic heterocycles. The van der Waals surface area contributed by atoms with Gasteiger partial charge in [0.15, 0.2) is 5.82 Å². The fourth-order valence-electron chi connectivity index (χ4n) is 5.71. The van der Waals surface area contributed by atoms with E-state index in [1.165, 1.54) is 18.3 Å². The summed E-state index contributed by atoms with van der Waals surface area (Å²) < 4.78 is 59.7. The van der Waals surface area contributed by atoms with Crippen LogP contribution in [0.25, 0.3) is 32.9 Å². The molecule has 38 heavy (non-hydrogen) atoms. The molecule has 1 saturated heterocycles. The van der Waals surface area contributed by atoms with Crippen LogP contribution in [-0.4, -0.2) is 45.9 Å². The number of phenols is 1. The molecule has 1 N–H and O–H groups in total. The molecule has 2 fully saturated rings. The number of ether oxygens (including phenoxy) is 1. The minimum absolute atomic E-state index is 0.0978. The van der Waals surface area contributed by atoms with E-state index in [1.807, 2.05) is 4.90 Å². The van der Waals surface area contributed by atoms with Crippen molar-refractivity contribution >= 4 is 39.1 Å². The minimum Gasteiger partial charge on any atom is -0.508 e. The maximum absolute atomic E-state index is 16.2. The summed E-state index contributed by atoms with van der Waals surface area (Å²) in [7, 11) is 0. The van der Waals surface area contributed by atoms with Crippen molar-refractivity contribution in [2.45, 2.75) is 31.9 Å². The van der Waals surface area contributed by atoms with E-state index in [-0.39, 0.29) is 28.5 Å². The molecule has 11 heteroatoms. The number of anilines is 1. The van der Waals surface area contributed by atoms with Gasteiger partial charge < -0.3 is 14.7 Å². The maximum atomic E-state index is 16.2. The van der Waals surface area contributed by atoms with E-state index >= 15 is 4.39 Å². The van der Waals surface area contributed by atoms with Crippen molar-refractivity contribution in [3.8, 4) is 23.0 Å². The van der Waals surface area contributed by atoms with Gasteiger partial charge in [-0.05, 0) is 54.7 Å². The molecule has 0 spiro atoms. The van der Waals surface area contributed by atoms with Gasteiger partial charge in [0.2, 0.25) is 0 Å². The quantitative estimate of drug-likeness (QED) is 0.274. The Labute approximate surface area is 220 Å². The molecule has 6 nitrogen and oxygen atoms in total. The second-order valence-corrected chi connectivity index (χ2v) is 10.4. The first-order valence-corrected chi connectivity index (χ1v) is 12.8. The Bertz CT molecular complexity index is 1540. The predicted octanol–water partition coefficient (Wildman–Crippen LogP) is 6.91. The fourth-order valence-corrected chi connectivity index (χ4v) is 5.99. The van der Waals surface area contributed by atoms with Crippen molar-refractivity contribution < 1.29 is 27.4 Å². The predicted molar refractivity (Wildman–Crippen MR) is 136 cm³/mol. The minimum atomic E-state index is -4.41. The molecule has 2 unspecified atom stereocenters. The van der Waals surface area contributed by atoms with Crippen LogP contribution in [0.2, 0.25) is 5.02 Å². The molecule has 2 atom stereocenters. The third-order valence-electron chi connectivity index (χ3n) is 7.33. The lowest BCUT2D eigenvalue weighted by Gasteiger charge is -2.33. The molecule has 1 aliphatic heterocycles. The number of nitrogens with zero attached hydrogens (tertiary/aromatic N) is 4. The van der Waals surface area contributed by atoms with Crippen LogP contribution in [0.15, 0.2) is 36.5 Å². The first kappa shape index (κ1) is 24.9. The van der Waals surface area contributed by atoms with Gasteiger partial charge in [0, 0.05) is 35.3 Å². The van der Waals surface area contributed by atoms with Gasteiger partial charge in [0.25, 0.3) is 0 Å². The van der Waals surface area contributed by atoms with Gasteiger partial charge in [-0.1, -0.05) is 23.7 Å². The monoisotopic (exact) mass is 546 g/mol. The summed E-state index contributed by atoms with van der Waals surface area (Å²) in [6, 6.07) is 7.66. The molecule has 6 rings (SSSR count). The number of aromatic hydroxyl groups is 1. The lowest BCUT2D eigenvalue weighted by Crippen LogP contribution is -2.37. The highest BCUT2D eigenvalue weighted by Crippen LogP contribution is 2.42. The van der Waals surface area contributed by atoms with Gasteiger partial charge in [0.05, 0.1) is 11.8 Å². The molecule has 4 aromatic rings. The lowest BCUT2D eigenvalue weighted by molar-refractivity contribution is -0.139. The molecule has 0 radical (unpaired) electrons. The Balaban J connectivity index is 1.51. The van der Waals surface area contributed by atoms with E-state index in [1.54, 1.807) is 18.2 Å². The number of benzene rings is 2. The Morgan fingerprint density at radius 1 is 1.11 bits per heavy atom. The number of alkyl halides is 3. The number of phenolic OH excluding ortho intramolecular Hbond substituents is 1. The Morgan fingerprint density at radius 3 is 2.61 bits per heavy atom. The van der Waals surface area contributed by atoms with Crippen molar-refractivity contribution in [3.63, 3.8) is 0 Å². The third kappa shape index (κ3) is 4.66. The average Bonchev–Trinajstić information content (AvgIpc) is 3.20. The van der Waals surface area contributed by atoms with Crippen LogP contribution >= 0.6 is 11.6 Å². The van der Waals surface area contributed by atoms with Gasteiger partial charge >= 0.3 is 12.2 Å². The summed E-state index contributed by atoms with van der Waals surface area (Å²) >= 11 is 6.44. The van der Waals surface area contributed by atoms with E-state index in [4.69, 9.17) is 16.3 Å². The number of hydrogen-bond acceptors (Lipinski definition) is 6. The SMILES string of the molecule is Oc1cc(-c2ncc3c(N4CC5CCC(C5)C4)nc(OCCC(F)(F)F)nc3c2F)c2c(Cl)cccc2c1. The average molecular weight is 547 g/mol. The Morgan fingerprint density at radius 2 is 1.87 bits per heavy atom. The first-order valence-electron chi connectivity index (χ1n) is 12.4. The number of aromatic nitrogens is 3. The maximum Gasteiger partial charge on any atom is 0.392 e. The summed E-state index contributed by atoms with van der Waals surface area (Å²) in [5.74, 6) is 0.445. The highest BCUT2D eigenvalue weighted by molar-refractivity contribution is 6.36. The highest BCUT2D eigenvalue weighted by Gasteiger charge is 2.35. The fraction of sp³-hybridized carbons (Fsp3) is 0.370. The molecule has 1 aliphatic carbocycles. The molecule has 0 amide bonds. The van der Waals surface area contributed by atoms with Crippen LogP contribution < -0.4 is 9.64 Å². The second-order valence-electron chi connectivity index (χ2n) is 10.0. The molecular formula is C27H23ClF4N4O2.